The van der Waals surface area contributed by atoms with E-state index in [9.17, 15) is 23.1 Å². The van der Waals surface area contributed by atoms with E-state index in [4.69, 9.17) is 9.15 Å². The molecule has 5 nitrogen and oxygen atoms in total. The Labute approximate surface area is 190 Å². The number of halogens is 4. The van der Waals surface area contributed by atoms with Crippen molar-refractivity contribution in [2.24, 2.45) is 5.92 Å². The van der Waals surface area contributed by atoms with Crippen LogP contribution in [0.4, 0.5) is 13.2 Å². The Morgan fingerprint density at radius 1 is 1.25 bits per heavy atom. The van der Waals surface area contributed by atoms with Gasteiger partial charge >= 0.3 is 6.18 Å². The van der Waals surface area contributed by atoms with Crippen molar-refractivity contribution in [2.75, 3.05) is 13.1 Å². The van der Waals surface area contributed by atoms with Crippen molar-refractivity contribution in [3.05, 3.63) is 62.4 Å². The largest absolute Gasteiger partial charge is 0.507 e. The summed E-state index contributed by atoms with van der Waals surface area (Å²) in [6.45, 7) is 3.77. The zero-order valence-corrected chi connectivity index (χ0v) is 18.8. The van der Waals surface area contributed by atoms with Crippen molar-refractivity contribution in [2.45, 2.75) is 32.5 Å². The molecule has 0 saturated carbocycles. The van der Waals surface area contributed by atoms with Gasteiger partial charge in [0.1, 0.15) is 17.1 Å². The third kappa shape index (κ3) is 4.49. The summed E-state index contributed by atoms with van der Waals surface area (Å²) >= 11 is 3.21. The smallest absolute Gasteiger partial charge is 0.453 e. The number of rotatable bonds is 4. The molecule has 4 rings (SSSR count). The topological polar surface area (TPSA) is 62.9 Å². The highest BCUT2D eigenvalue weighted by Gasteiger charge is 2.41. The lowest BCUT2D eigenvalue weighted by Gasteiger charge is -2.31. The van der Waals surface area contributed by atoms with E-state index in [1.54, 1.807) is 18.2 Å². The van der Waals surface area contributed by atoms with Crippen LogP contribution in [-0.4, -0.2) is 23.1 Å². The number of fused-ring (bicyclic) bond motifs is 1. The number of likely N-dealkylation sites (tertiary alicyclic amines) is 1. The van der Waals surface area contributed by atoms with E-state index in [1.807, 2.05) is 4.90 Å². The van der Waals surface area contributed by atoms with Gasteiger partial charge in [0.15, 0.2) is 0 Å². The van der Waals surface area contributed by atoms with Gasteiger partial charge in [-0.15, -0.1) is 0 Å². The number of hydrogen-bond acceptors (Lipinski definition) is 5. The van der Waals surface area contributed by atoms with Crippen molar-refractivity contribution in [3.8, 4) is 17.2 Å². The highest BCUT2D eigenvalue weighted by atomic mass is 79.9. The standard InChI is InChI=1S/C23H21BrF3NO4/c1-13-5-4-10-28(11-13)12-15-17(29)9-8-14-19(30)21(22(23(25,26)27)32-20(14)15)31-18-7-3-2-6-16(18)24/h2-3,6-9,13,29H,4-5,10-12H2,1H3/t13-/m0/s1. The second-order valence-electron chi connectivity index (χ2n) is 8.04. The quantitative estimate of drug-likeness (QED) is 0.445. The average molecular weight is 512 g/mol. The van der Waals surface area contributed by atoms with Crippen LogP contribution in [0.3, 0.4) is 0 Å². The van der Waals surface area contributed by atoms with Crippen LogP contribution in [0.15, 0.2) is 50.1 Å². The lowest BCUT2D eigenvalue weighted by molar-refractivity contribution is -0.154. The van der Waals surface area contributed by atoms with Gasteiger partial charge in [-0.25, -0.2) is 0 Å². The fraction of sp³-hybridized carbons (Fsp3) is 0.348. The third-order valence-electron chi connectivity index (χ3n) is 5.53. The zero-order chi connectivity index (χ0) is 23.0. The molecule has 0 unspecified atom stereocenters. The van der Waals surface area contributed by atoms with E-state index in [0.29, 0.717) is 10.4 Å². The number of hydrogen-bond donors (Lipinski definition) is 1. The number of phenols is 1. The van der Waals surface area contributed by atoms with Crippen molar-refractivity contribution in [1.29, 1.82) is 0 Å². The first-order chi connectivity index (χ1) is 15.1. The van der Waals surface area contributed by atoms with Crippen LogP contribution < -0.4 is 10.2 Å². The molecule has 0 spiro atoms. The molecule has 0 amide bonds. The maximum absolute atomic E-state index is 13.9. The van der Waals surface area contributed by atoms with Crippen LogP contribution in [0.2, 0.25) is 0 Å². The predicted molar refractivity (Wildman–Crippen MR) is 117 cm³/mol. The minimum Gasteiger partial charge on any atom is -0.507 e. The Kier molecular flexibility index (Phi) is 6.22. The molecule has 0 aliphatic carbocycles. The fourth-order valence-corrected chi connectivity index (χ4v) is 4.38. The van der Waals surface area contributed by atoms with Gasteiger partial charge in [0.2, 0.25) is 11.2 Å². The maximum Gasteiger partial charge on any atom is 0.453 e. The van der Waals surface area contributed by atoms with Gasteiger partial charge < -0.3 is 14.3 Å². The van der Waals surface area contributed by atoms with Crippen molar-refractivity contribution in [3.63, 3.8) is 0 Å². The van der Waals surface area contributed by atoms with Crippen LogP contribution in [0.1, 0.15) is 31.1 Å². The number of aromatic hydroxyl groups is 1. The second kappa shape index (κ2) is 8.78. The molecule has 1 aliphatic heterocycles. The Morgan fingerprint density at radius 3 is 2.69 bits per heavy atom. The Morgan fingerprint density at radius 2 is 2.00 bits per heavy atom. The Hall–Kier alpha value is -2.52. The summed E-state index contributed by atoms with van der Waals surface area (Å²) in [7, 11) is 0. The molecule has 0 bridgehead atoms. The molecule has 1 saturated heterocycles. The summed E-state index contributed by atoms with van der Waals surface area (Å²) in [5.41, 5.74) is -1.07. The monoisotopic (exact) mass is 511 g/mol. The maximum atomic E-state index is 13.9. The lowest BCUT2D eigenvalue weighted by Crippen LogP contribution is -2.33. The lowest BCUT2D eigenvalue weighted by atomic mass is 9.99. The predicted octanol–water partition coefficient (Wildman–Crippen LogP) is 6.30. The molecular weight excluding hydrogens is 491 g/mol. The third-order valence-corrected chi connectivity index (χ3v) is 6.18. The van der Waals surface area contributed by atoms with Gasteiger partial charge in [-0.05, 0) is 65.5 Å². The summed E-state index contributed by atoms with van der Waals surface area (Å²) < 4.78 is 52.8. The first kappa shape index (κ1) is 22.7. The minimum absolute atomic E-state index is 0.0472. The second-order valence-corrected chi connectivity index (χ2v) is 8.90. The van der Waals surface area contributed by atoms with Gasteiger partial charge in [0.05, 0.1) is 15.4 Å². The zero-order valence-electron chi connectivity index (χ0n) is 17.2. The number of nitrogens with zero attached hydrogens (tertiary/aromatic N) is 1. The van der Waals surface area contributed by atoms with Crippen LogP contribution >= 0.6 is 15.9 Å². The molecule has 1 aromatic heterocycles. The first-order valence-electron chi connectivity index (χ1n) is 10.2. The van der Waals surface area contributed by atoms with Gasteiger partial charge in [-0.2, -0.15) is 13.2 Å². The number of phenolic OH excluding ortho intramolecular Hbond substituents is 1. The first-order valence-corrected chi connectivity index (χ1v) is 11.0. The van der Waals surface area contributed by atoms with Crippen molar-refractivity contribution < 1.29 is 27.4 Å². The van der Waals surface area contributed by atoms with Crippen LogP contribution in [-0.2, 0) is 12.7 Å². The van der Waals surface area contributed by atoms with Gasteiger partial charge in [-0.3, -0.25) is 9.69 Å². The van der Waals surface area contributed by atoms with E-state index in [1.165, 1.54) is 18.2 Å². The van der Waals surface area contributed by atoms with Crippen molar-refractivity contribution >= 4 is 26.9 Å². The number of piperidine rings is 1. The van der Waals surface area contributed by atoms with Crippen molar-refractivity contribution in [1.82, 2.24) is 4.90 Å². The average Bonchev–Trinajstić information content (AvgIpc) is 2.72. The molecule has 32 heavy (non-hydrogen) atoms. The molecule has 1 fully saturated rings. The van der Waals surface area contributed by atoms with Crippen LogP contribution in [0, 0.1) is 5.92 Å². The molecular formula is C23H21BrF3NO4. The molecule has 2 aromatic carbocycles. The molecule has 1 atom stereocenters. The number of benzene rings is 2. The SMILES string of the molecule is C[C@H]1CCCN(Cc2c(O)ccc3c(=O)c(Oc4ccccc4Br)c(C(F)(F)F)oc23)C1. The van der Waals surface area contributed by atoms with E-state index in [0.717, 1.165) is 25.9 Å². The summed E-state index contributed by atoms with van der Waals surface area (Å²) in [6, 6.07) is 8.82. The van der Waals surface area contributed by atoms with Gasteiger partial charge in [-0.1, -0.05) is 19.1 Å². The van der Waals surface area contributed by atoms with E-state index in [-0.39, 0.29) is 34.6 Å². The molecule has 0 radical (unpaired) electrons. The Bertz CT molecular complexity index is 1210. The highest BCUT2D eigenvalue weighted by molar-refractivity contribution is 9.10. The van der Waals surface area contributed by atoms with E-state index in [2.05, 4.69) is 22.9 Å². The summed E-state index contributed by atoms with van der Waals surface area (Å²) in [5, 5.41) is 10.3. The summed E-state index contributed by atoms with van der Waals surface area (Å²) in [6.07, 6.45) is -2.96. The van der Waals surface area contributed by atoms with E-state index < -0.39 is 23.1 Å². The molecule has 9 heteroatoms. The molecule has 170 valence electrons. The number of para-hydroxylation sites is 1. The molecule has 3 aromatic rings. The van der Waals surface area contributed by atoms with Crippen LogP contribution in [0.5, 0.6) is 17.2 Å². The number of alkyl halides is 3. The normalized spacial score (nSPS) is 17.6. The highest BCUT2D eigenvalue weighted by Crippen LogP contribution is 2.41. The fourth-order valence-electron chi connectivity index (χ4n) is 4.01. The number of ether oxygens (including phenoxy) is 1. The van der Waals surface area contributed by atoms with Gasteiger partial charge in [0, 0.05) is 13.1 Å². The molecule has 1 aliphatic rings. The van der Waals surface area contributed by atoms with Gasteiger partial charge in [0.25, 0.3) is 5.76 Å². The minimum atomic E-state index is -4.98. The molecule has 2 heterocycles. The van der Waals surface area contributed by atoms with Crippen LogP contribution in [0.25, 0.3) is 11.0 Å². The molecule has 1 N–H and O–H groups in total. The summed E-state index contributed by atoms with van der Waals surface area (Å²) in [4.78, 5) is 15.2. The summed E-state index contributed by atoms with van der Waals surface area (Å²) in [5.74, 6) is -2.22. The Balaban J connectivity index is 1.88. The van der Waals surface area contributed by atoms with E-state index >= 15 is 0 Å².